The fourth-order valence-corrected chi connectivity index (χ4v) is 3.45. The van der Waals surface area contributed by atoms with Crippen LogP contribution in [-0.4, -0.2) is 61.6 Å². The quantitative estimate of drug-likeness (QED) is 0.755. The number of rotatable bonds is 8. The van der Waals surface area contributed by atoms with Crippen molar-refractivity contribution in [2.24, 2.45) is 5.41 Å². The molecule has 134 valence electrons. The molecule has 0 aliphatic carbocycles. The van der Waals surface area contributed by atoms with Gasteiger partial charge in [0.2, 0.25) is 0 Å². The van der Waals surface area contributed by atoms with Crippen LogP contribution >= 0.6 is 0 Å². The first-order valence-corrected chi connectivity index (χ1v) is 8.26. The van der Waals surface area contributed by atoms with Gasteiger partial charge in [0.1, 0.15) is 11.3 Å². The highest BCUT2D eigenvalue weighted by atomic mass is 16.5. The van der Waals surface area contributed by atoms with Crippen LogP contribution in [0.1, 0.15) is 35.2 Å². The monoisotopic (exact) mass is 337 g/mol. The predicted octanol–water partition coefficient (Wildman–Crippen LogP) is 2.00. The summed E-state index contributed by atoms with van der Waals surface area (Å²) in [4.78, 5) is 13.6. The molecule has 0 radical (unpaired) electrons. The van der Waals surface area contributed by atoms with E-state index < -0.39 is 5.97 Å². The first-order valence-electron chi connectivity index (χ1n) is 8.26. The van der Waals surface area contributed by atoms with E-state index in [0.717, 1.165) is 37.9 Å². The van der Waals surface area contributed by atoms with Crippen LogP contribution in [0, 0.1) is 5.41 Å². The first-order chi connectivity index (χ1) is 11.5. The molecule has 1 fully saturated rings. The van der Waals surface area contributed by atoms with Gasteiger partial charge in [0.15, 0.2) is 0 Å². The Balaban J connectivity index is 2.10. The first kappa shape index (κ1) is 18.7. The Kier molecular flexibility index (Phi) is 6.60. The second-order valence-electron chi connectivity index (χ2n) is 6.55. The minimum atomic E-state index is -0.989. The molecule has 1 heterocycles. The van der Waals surface area contributed by atoms with Crippen LogP contribution in [0.5, 0.6) is 5.75 Å². The molecule has 0 aromatic heterocycles. The number of ether oxygens (including phenoxy) is 2. The average Bonchev–Trinajstić information content (AvgIpc) is 2.60. The fraction of sp³-hybridized carbons (Fsp3) is 0.611. The number of hydrogen-bond acceptors (Lipinski definition) is 5. The van der Waals surface area contributed by atoms with Crippen LogP contribution in [0.4, 0.5) is 0 Å². The minimum absolute atomic E-state index is 0.129. The number of aromatic carboxylic acids is 1. The molecule has 0 bridgehead atoms. The predicted molar refractivity (Wildman–Crippen MR) is 90.5 cm³/mol. The number of nitrogens with zero attached hydrogens (tertiary/aromatic N) is 1. The summed E-state index contributed by atoms with van der Waals surface area (Å²) in [5, 5.41) is 19.2. The lowest BCUT2D eigenvalue weighted by atomic mass is 9.78. The molecule has 24 heavy (non-hydrogen) atoms. The smallest absolute Gasteiger partial charge is 0.339 e. The number of aliphatic hydroxyl groups is 1. The van der Waals surface area contributed by atoms with Crippen molar-refractivity contribution in [1.29, 1.82) is 0 Å². The van der Waals surface area contributed by atoms with E-state index in [2.05, 4.69) is 4.90 Å². The van der Waals surface area contributed by atoms with Gasteiger partial charge >= 0.3 is 5.97 Å². The Hall–Kier alpha value is -1.63. The second kappa shape index (κ2) is 8.46. The molecule has 1 aromatic carbocycles. The van der Waals surface area contributed by atoms with Gasteiger partial charge in [0.25, 0.3) is 0 Å². The van der Waals surface area contributed by atoms with Crippen LogP contribution in [0.3, 0.4) is 0 Å². The van der Waals surface area contributed by atoms with E-state index >= 15 is 0 Å². The molecule has 2 rings (SSSR count). The lowest BCUT2D eigenvalue weighted by Crippen LogP contribution is -2.45. The molecule has 6 nitrogen and oxygen atoms in total. The van der Waals surface area contributed by atoms with Crippen LogP contribution < -0.4 is 4.74 Å². The number of carbonyl (C=O) groups is 1. The third kappa shape index (κ3) is 4.47. The van der Waals surface area contributed by atoms with E-state index in [1.54, 1.807) is 19.2 Å². The molecule has 1 aromatic rings. The van der Waals surface area contributed by atoms with Crippen molar-refractivity contribution in [3.8, 4) is 5.75 Å². The van der Waals surface area contributed by atoms with E-state index in [4.69, 9.17) is 9.47 Å². The molecule has 1 atom stereocenters. The maximum atomic E-state index is 11.4. The van der Waals surface area contributed by atoms with Crippen molar-refractivity contribution in [2.75, 3.05) is 40.5 Å². The molecular weight excluding hydrogens is 310 g/mol. The van der Waals surface area contributed by atoms with E-state index in [9.17, 15) is 15.0 Å². The molecule has 0 saturated carbocycles. The topological polar surface area (TPSA) is 79.2 Å². The van der Waals surface area contributed by atoms with Gasteiger partial charge in [-0.25, -0.2) is 4.79 Å². The number of carboxylic acid groups (broad SMARTS) is 1. The van der Waals surface area contributed by atoms with Gasteiger partial charge in [0.05, 0.1) is 13.7 Å². The van der Waals surface area contributed by atoms with Crippen molar-refractivity contribution in [1.82, 2.24) is 4.90 Å². The minimum Gasteiger partial charge on any atom is -0.496 e. The van der Waals surface area contributed by atoms with Gasteiger partial charge in [-0.2, -0.15) is 0 Å². The Labute approximate surface area is 143 Å². The Morgan fingerprint density at radius 1 is 1.38 bits per heavy atom. The summed E-state index contributed by atoms with van der Waals surface area (Å²) in [7, 11) is 3.15. The number of likely N-dealkylation sites (tertiary alicyclic amines) is 1. The molecule has 1 aliphatic heterocycles. The summed E-state index contributed by atoms with van der Waals surface area (Å²) in [5.74, 6) is -0.619. The average molecular weight is 337 g/mol. The summed E-state index contributed by atoms with van der Waals surface area (Å²) in [5.41, 5.74) is 0.990. The van der Waals surface area contributed by atoms with Crippen LogP contribution in [0.15, 0.2) is 18.2 Å². The zero-order chi connectivity index (χ0) is 17.6. The highest BCUT2D eigenvalue weighted by Crippen LogP contribution is 2.34. The summed E-state index contributed by atoms with van der Waals surface area (Å²) in [6.45, 7) is 3.19. The number of aliphatic hydroxyl groups excluding tert-OH is 1. The van der Waals surface area contributed by atoms with Crippen molar-refractivity contribution in [2.45, 2.75) is 25.8 Å². The summed E-state index contributed by atoms with van der Waals surface area (Å²) in [6.07, 6.45) is 2.85. The standard InChI is InChI=1S/C18H27NO5/c1-23-9-7-18(13-20)6-3-8-19(12-18)11-14-4-5-16(24-2)15(10-14)17(21)22/h4-5,10,20H,3,6-9,11-13H2,1-2H3,(H,21,22)/t18-/m1/s1. The third-order valence-corrected chi connectivity index (χ3v) is 4.81. The Morgan fingerprint density at radius 2 is 2.17 bits per heavy atom. The van der Waals surface area contributed by atoms with E-state index in [0.29, 0.717) is 18.9 Å². The maximum Gasteiger partial charge on any atom is 0.339 e. The molecule has 1 saturated heterocycles. The lowest BCUT2D eigenvalue weighted by molar-refractivity contribution is 0.00474. The molecular formula is C18H27NO5. The molecule has 6 heteroatoms. The van der Waals surface area contributed by atoms with Gasteiger partial charge < -0.3 is 19.7 Å². The molecule has 0 amide bonds. The second-order valence-corrected chi connectivity index (χ2v) is 6.55. The highest BCUT2D eigenvalue weighted by Gasteiger charge is 2.34. The van der Waals surface area contributed by atoms with Crippen molar-refractivity contribution < 1.29 is 24.5 Å². The number of piperidine rings is 1. The van der Waals surface area contributed by atoms with Gasteiger partial charge in [-0.15, -0.1) is 0 Å². The number of methoxy groups -OCH3 is 2. The summed E-state index contributed by atoms with van der Waals surface area (Å²) >= 11 is 0. The zero-order valence-corrected chi connectivity index (χ0v) is 14.5. The van der Waals surface area contributed by atoms with Crippen molar-refractivity contribution >= 4 is 5.97 Å². The van der Waals surface area contributed by atoms with Gasteiger partial charge in [-0.1, -0.05) is 6.07 Å². The van der Waals surface area contributed by atoms with Crippen molar-refractivity contribution in [3.05, 3.63) is 29.3 Å². The normalized spacial score (nSPS) is 21.6. The Morgan fingerprint density at radius 3 is 2.79 bits per heavy atom. The molecule has 0 spiro atoms. The van der Waals surface area contributed by atoms with Crippen LogP contribution in [0.2, 0.25) is 0 Å². The van der Waals surface area contributed by atoms with Crippen LogP contribution in [0.25, 0.3) is 0 Å². The fourth-order valence-electron chi connectivity index (χ4n) is 3.45. The van der Waals surface area contributed by atoms with Gasteiger partial charge in [-0.3, -0.25) is 4.90 Å². The van der Waals surface area contributed by atoms with E-state index in [1.165, 1.54) is 7.11 Å². The molecule has 2 N–H and O–H groups in total. The lowest BCUT2D eigenvalue weighted by Gasteiger charge is -2.42. The highest BCUT2D eigenvalue weighted by molar-refractivity contribution is 5.91. The number of carboxylic acids is 1. The Bertz CT molecular complexity index is 562. The van der Waals surface area contributed by atoms with E-state index in [-0.39, 0.29) is 17.6 Å². The van der Waals surface area contributed by atoms with Crippen LogP contribution in [-0.2, 0) is 11.3 Å². The third-order valence-electron chi connectivity index (χ3n) is 4.81. The van der Waals surface area contributed by atoms with E-state index in [1.807, 2.05) is 6.07 Å². The van der Waals surface area contributed by atoms with Gasteiger partial charge in [-0.05, 0) is 43.5 Å². The number of benzene rings is 1. The zero-order valence-electron chi connectivity index (χ0n) is 14.5. The SMILES string of the molecule is COCC[C@]1(CO)CCCN(Cc2ccc(OC)c(C(=O)O)c2)C1. The summed E-state index contributed by atoms with van der Waals surface area (Å²) < 4.78 is 10.3. The molecule has 1 aliphatic rings. The molecule has 0 unspecified atom stereocenters. The van der Waals surface area contributed by atoms with Crippen molar-refractivity contribution in [3.63, 3.8) is 0 Å². The number of hydrogen-bond donors (Lipinski definition) is 2. The maximum absolute atomic E-state index is 11.4. The largest absolute Gasteiger partial charge is 0.496 e. The van der Waals surface area contributed by atoms with Gasteiger partial charge in [0, 0.05) is 32.2 Å². The summed E-state index contributed by atoms with van der Waals surface area (Å²) in [6, 6.07) is 5.27.